The molecule has 0 radical (unpaired) electrons. The summed E-state index contributed by atoms with van der Waals surface area (Å²) in [5.74, 6) is 0.860. The minimum atomic E-state index is 0.204. The first kappa shape index (κ1) is 14.3. The molecule has 23 heavy (non-hydrogen) atoms. The second-order valence-corrected chi connectivity index (χ2v) is 10.8. The average molecular weight is 367 g/mol. The second-order valence-electron chi connectivity index (χ2n) is 8.57. The Morgan fingerprint density at radius 3 is 1.96 bits per heavy atom. The van der Waals surface area contributed by atoms with E-state index in [9.17, 15) is 0 Å². The van der Waals surface area contributed by atoms with Crippen LogP contribution in [-0.2, 0) is 5.41 Å². The summed E-state index contributed by atoms with van der Waals surface area (Å²) < 4.78 is 3.25. The van der Waals surface area contributed by atoms with E-state index >= 15 is 0 Å². The number of hydrogen-bond acceptors (Lipinski definition) is 0. The van der Waals surface area contributed by atoms with Crippen LogP contribution in [0.3, 0.4) is 0 Å². The zero-order valence-electron chi connectivity index (χ0n) is 14.2. The Hall–Kier alpha value is -1.04. The van der Waals surface area contributed by atoms with Gasteiger partial charge in [-0.25, -0.2) is 0 Å². The molecule has 1 spiro atoms. The summed E-state index contributed by atoms with van der Waals surface area (Å²) in [6.07, 6.45) is 4.20. The quantitative estimate of drug-likeness (QED) is 0.622. The van der Waals surface area contributed by atoms with Crippen molar-refractivity contribution < 1.29 is 0 Å². The number of rotatable bonds is 0. The molecule has 2 aromatic carbocycles. The molecule has 0 aromatic heterocycles. The summed E-state index contributed by atoms with van der Waals surface area (Å²) in [4.78, 5) is 0. The number of fused-ring (bicyclic) bond motifs is 7. The van der Waals surface area contributed by atoms with E-state index in [0.717, 1.165) is 5.92 Å². The van der Waals surface area contributed by atoms with E-state index in [4.69, 9.17) is 0 Å². The van der Waals surface area contributed by atoms with Gasteiger partial charge in [0.2, 0.25) is 0 Å². The maximum absolute atomic E-state index is 2.59. The molecule has 2 saturated carbocycles. The Morgan fingerprint density at radius 1 is 0.870 bits per heavy atom. The fourth-order valence-corrected chi connectivity index (χ4v) is 9.12. The molecule has 0 amide bonds. The zero-order valence-corrected chi connectivity index (χ0v) is 15.9. The first-order valence-electron chi connectivity index (χ1n) is 8.88. The molecule has 2 aliphatic carbocycles. The van der Waals surface area contributed by atoms with E-state index < -0.39 is 0 Å². The van der Waals surface area contributed by atoms with Gasteiger partial charge in [-0.3, -0.25) is 0 Å². The fourth-order valence-electron chi connectivity index (χ4n) is 6.62. The van der Waals surface area contributed by atoms with Crippen molar-refractivity contribution >= 4 is 23.9 Å². The molecule has 1 aliphatic heterocycles. The van der Waals surface area contributed by atoms with Gasteiger partial charge in [0.15, 0.2) is 0 Å². The Kier molecular flexibility index (Phi) is 2.69. The van der Waals surface area contributed by atoms with Crippen molar-refractivity contribution in [2.75, 3.05) is 0 Å². The molecule has 5 rings (SSSR count). The van der Waals surface area contributed by atoms with Crippen molar-refractivity contribution in [3.05, 3.63) is 59.7 Å². The molecule has 1 heteroatoms. The molecule has 0 saturated heterocycles. The van der Waals surface area contributed by atoms with E-state index in [2.05, 4.69) is 69.3 Å². The fraction of sp³-hybridized carbons (Fsp3) is 0.455. The molecule has 1 heterocycles. The van der Waals surface area contributed by atoms with Crippen LogP contribution in [0.15, 0.2) is 48.5 Å². The monoisotopic (exact) mass is 368 g/mol. The average Bonchev–Trinajstić information content (AvgIpc) is 3.02. The predicted octanol–water partition coefficient (Wildman–Crippen LogP) is 3.79. The van der Waals surface area contributed by atoms with Gasteiger partial charge in [0.1, 0.15) is 0 Å². The predicted molar refractivity (Wildman–Crippen MR) is 97.9 cm³/mol. The topological polar surface area (TPSA) is 0 Å². The minimum absolute atomic E-state index is 0.204. The molecule has 2 bridgehead atoms. The molecular weight excluding hydrogens is 343 g/mol. The van der Waals surface area contributed by atoms with Gasteiger partial charge < -0.3 is 0 Å². The molecule has 2 atom stereocenters. The molecule has 2 unspecified atom stereocenters. The third-order valence-corrected chi connectivity index (χ3v) is 9.85. The van der Waals surface area contributed by atoms with Gasteiger partial charge in [-0.1, -0.05) is 0 Å². The van der Waals surface area contributed by atoms with E-state index in [1.165, 1.54) is 19.3 Å². The van der Waals surface area contributed by atoms with E-state index in [1.807, 2.05) is 0 Å². The van der Waals surface area contributed by atoms with E-state index in [-0.39, 0.29) is 5.41 Å². The van der Waals surface area contributed by atoms with Crippen molar-refractivity contribution in [2.45, 2.75) is 45.4 Å². The summed E-state index contributed by atoms with van der Waals surface area (Å²) in [7, 11) is 0. The maximum atomic E-state index is 2.59. The van der Waals surface area contributed by atoms with Crippen LogP contribution in [0.25, 0.3) is 0 Å². The van der Waals surface area contributed by atoms with Crippen LogP contribution in [0.2, 0.25) is 0 Å². The molecule has 0 N–H and O–H groups in total. The van der Waals surface area contributed by atoms with Crippen LogP contribution in [0, 0.1) is 16.7 Å². The van der Waals surface area contributed by atoms with Gasteiger partial charge in [0.25, 0.3) is 0 Å². The van der Waals surface area contributed by atoms with Crippen LogP contribution in [0.5, 0.6) is 0 Å². The summed E-state index contributed by atoms with van der Waals surface area (Å²) in [5.41, 5.74) is 4.27. The summed E-state index contributed by atoms with van der Waals surface area (Å²) in [5, 5.41) is 0. The van der Waals surface area contributed by atoms with Crippen molar-refractivity contribution in [3.8, 4) is 0 Å². The van der Waals surface area contributed by atoms with Crippen LogP contribution in [0.1, 0.15) is 51.2 Å². The van der Waals surface area contributed by atoms with Gasteiger partial charge in [-0.05, 0) is 0 Å². The number of hydrogen-bond donors (Lipinski definition) is 0. The van der Waals surface area contributed by atoms with E-state index in [0.29, 0.717) is 25.8 Å². The second kappa shape index (κ2) is 4.32. The third kappa shape index (κ3) is 1.45. The molecule has 0 nitrogen and oxygen atoms in total. The third-order valence-electron chi connectivity index (χ3n) is 7.44. The van der Waals surface area contributed by atoms with E-state index in [1.54, 1.807) is 20.1 Å². The Balaban J connectivity index is 1.94. The van der Waals surface area contributed by atoms with Crippen LogP contribution in [-0.4, -0.2) is 15.0 Å². The van der Waals surface area contributed by atoms with Crippen molar-refractivity contribution in [3.63, 3.8) is 0 Å². The standard InChI is InChI=1S/C22H24Se/c1-20(2)15-12-13-21(3,14-15)22(20)16-8-4-6-10-18(16)23-19-11-7-5-9-17(19)22/h4-11,15H,12-14H2,1-3H3. The SMILES string of the molecule is CC12CCC(C1)C(C)(C)C21c2ccccc2[Se]c2ccccc21. The zero-order chi connectivity index (χ0) is 15.9. The van der Waals surface area contributed by atoms with Crippen LogP contribution in [0.4, 0.5) is 0 Å². The van der Waals surface area contributed by atoms with Gasteiger partial charge in [0.05, 0.1) is 0 Å². The van der Waals surface area contributed by atoms with Gasteiger partial charge in [-0.15, -0.1) is 0 Å². The molecule has 3 aliphatic rings. The summed E-state index contributed by atoms with van der Waals surface area (Å²) in [6, 6.07) is 18.7. The Labute approximate surface area is 145 Å². The summed E-state index contributed by atoms with van der Waals surface area (Å²) in [6.45, 7) is 7.72. The van der Waals surface area contributed by atoms with Crippen LogP contribution >= 0.6 is 0 Å². The molecule has 118 valence electrons. The Bertz CT molecular complexity index is 751. The Morgan fingerprint density at radius 2 is 1.43 bits per heavy atom. The van der Waals surface area contributed by atoms with Crippen LogP contribution < -0.4 is 8.92 Å². The van der Waals surface area contributed by atoms with Crippen molar-refractivity contribution in [1.82, 2.24) is 0 Å². The number of benzene rings is 2. The first-order valence-corrected chi connectivity index (χ1v) is 10.6. The molecular formula is C22H24Se. The van der Waals surface area contributed by atoms with Crippen molar-refractivity contribution in [2.24, 2.45) is 16.7 Å². The molecule has 2 fully saturated rings. The van der Waals surface area contributed by atoms with Gasteiger partial charge >= 0.3 is 146 Å². The summed E-state index contributed by atoms with van der Waals surface area (Å²) >= 11 is 0.451. The molecule has 2 aromatic rings. The normalized spacial score (nSPS) is 31.9. The van der Waals surface area contributed by atoms with Crippen molar-refractivity contribution in [1.29, 1.82) is 0 Å². The first-order chi connectivity index (χ1) is 11.0. The van der Waals surface area contributed by atoms with Gasteiger partial charge in [0, 0.05) is 0 Å². The van der Waals surface area contributed by atoms with Gasteiger partial charge in [-0.2, -0.15) is 0 Å².